The van der Waals surface area contributed by atoms with E-state index < -0.39 is 5.97 Å². The van der Waals surface area contributed by atoms with E-state index >= 15 is 0 Å². The lowest BCUT2D eigenvalue weighted by atomic mass is 10.1. The van der Waals surface area contributed by atoms with Gasteiger partial charge in [-0.1, -0.05) is 18.2 Å². The lowest BCUT2D eigenvalue weighted by Gasteiger charge is -2.25. The van der Waals surface area contributed by atoms with Crippen molar-refractivity contribution in [1.29, 1.82) is 0 Å². The van der Waals surface area contributed by atoms with Crippen LogP contribution >= 0.6 is 0 Å². The molecule has 0 spiro atoms. The van der Waals surface area contributed by atoms with Gasteiger partial charge in [0.05, 0.1) is 11.7 Å². The lowest BCUT2D eigenvalue weighted by Crippen LogP contribution is -2.25. The summed E-state index contributed by atoms with van der Waals surface area (Å²) < 4.78 is 5.48. The van der Waals surface area contributed by atoms with Crippen molar-refractivity contribution < 1.29 is 14.6 Å². The Balaban J connectivity index is 1.60. The number of hydrogen-bond donors (Lipinski definition) is 2. The van der Waals surface area contributed by atoms with Gasteiger partial charge in [0.2, 0.25) is 0 Å². The third-order valence-corrected chi connectivity index (χ3v) is 5.03. The zero-order valence-electron chi connectivity index (χ0n) is 16.2. The van der Waals surface area contributed by atoms with Crippen LogP contribution in [-0.2, 0) is 11.3 Å². The second-order valence-electron chi connectivity index (χ2n) is 7.12. The molecule has 29 heavy (non-hydrogen) atoms. The quantitative estimate of drug-likeness (QED) is 0.636. The summed E-state index contributed by atoms with van der Waals surface area (Å²) in [5.41, 5.74) is 3.61. The molecule has 4 rings (SSSR count). The van der Waals surface area contributed by atoms with Crippen LogP contribution in [0, 0.1) is 6.92 Å². The summed E-state index contributed by atoms with van der Waals surface area (Å²) in [6, 6.07) is 7.68. The largest absolute Gasteiger partial charge is 0.482 e. The second kappa shape index (κ2) is 8.40. The number of imidazole rings is 1. The van der Waals surface area contributed by atoms with E-state index in [0.29, 0.717) is 12.3 Å². The molecular formula is C21H23N5O3. The van der Waals surface area contributed by atoms with Gasteiger partial charge in [-0.25, -0.2) is 14.8 Å². The summed E-state index contributed by atoms with van der Waals surface area (Å²) in [7, 11) is 0. The molecule has 1 fully saturated rings. The molecule has 8 heteroatoms. The van der Waals surface area contributed by atoms with E-state index in [1.54, 1.807) is 18.6 Å². The van der Waals surface area contributed by atoms with Gasteiger partial charge < -0.3 is 14.8 Å². The Labute approximate surface area is 168 Å². The van der Waals surface area contributed by atoms with Gasteiger partial charge in [0.15, 0.2) is 12.4 Å². The number of carbonyl (C=O) groups is 1. The van der Waals surface area contributed by atoms with Crippen LogP contribution in [0.2, 0.25) is 0 Å². The number of ether oxygens (including phenoxy) is 1. The first-order chi connectivity index (χ1) is 14.1. The number of aryl methyl sites for hydroxylation is 1. The van der Waals surface area contributed by atoms with Gasteiger partial charge in [-0.15, -0.1) is 0 Å². The molecule has 1 aliphatic heterocycles. The Morgan fingerprint density at radius 2 is 2.10 bits per heavy atom. The Kier molecular flexibility index (Phi) is 5.53. The van der Waals surface area contributed by atoms with Crippen LogP contribution in [0.5, 0.6) is 5.75 Å². The van der Waals surface area contributed by atoms with Crippen molar-refractivity contribution in [2.75, 3.05) is 13.2 Å². The number of H-pyrrole nitrogens is 1. The van der Waals surface area contributed by atoms with Crippen molar-refractivity contribution in [3.8, 4) is 17.3 Å². The van der Waals surface area contributed by atoms with Crippen LogP contribution in [0.3, 0.4) is 0 Å². The highest BCUT2D eigenvalue weighted by Crippen LogP contribution is 2.36. The molecule has 2 N–H and O–H groups in total. The molecule has 0 saturated carbocycles. The third kappa shape index (κ3) is 4.27. The summed E-state index contributed by atoms with van der Waals surface area (Å²) in [5.74, 6) is 0.334. The predicted molar refractivity (Wildman–Crippen MR) is 106 cm³/mol. The second-order valence-corrected chi connectivity index (χ2v) is 7.12. The zero-order valence-corrected chi connectivity index (χ0v) is 16.2. The molecule has 1 saturated heterocycles. The Bertz CT molecular complexity index is 1000. The molecule has 0 aliphatic carbocycles. The standard InChI is InChI=1S/C21H23N5O3/c1-14-11-24-21(25-14)20-19(22-8-9-23-20)16-6-4-10-26(16)12-15-5-2-3-7-17(15)29-13-18(27)28/h2-3,5,7-9,11,16H,4,6,10,12-13H2,1H3,(H,24,25)(H,27,28)/t16-/m1/s1. The molecule has 8 nitrogen and oxygen atoms in total. The van der Waals surface area contributed by atoms with E-state index in [4.69, 9.17) is 9.84 Å². The van der Waals surface area contributed by atoms with E-state index in [2.05, 4.69) is 24.8 Å². The molecule has 3 heterocycles. The minimum absolute atomic E-state index is 0.108. The molecule has 0 unspecified atom stereocenters. The monoisotopic (exact) mass is 393 g/mol. The van der Waals surface area contributed by atoms with Crippen LogP contribution in [0.4, 0.5) is 0 Å². The van der Waals surface area contributed by atoms with Crippen molar-refractivity contribution >= 4 is 5.97 Å². The SMILES string of the molecule is Cc1cnc(-c2nccnc2[C@H]2CCCN2Cc2ccccc2OCC(=O)O)[nH]1. The Hall–Kier alpha value is -3.26. The van der Waals surface area contributed by atoms with E-state index in [1.807, 2.05) is 31.2 Å². The van der Waals surface area contributed by atoms with Crippen LogP contribution in [0.15, 0.2) is 42.9 Å². The molecule has 2 aromatic heterocycles. The number of hydrogen-bond acceptors (Lipinski definition) is 6. The zero-order chi connectivity index (χ0) is 20.2. The van der Waals surface area contributed by atoms with E-state index in [-0.39, 0.29) is 12.6 Å². The maximum absolute atomic E-state index is 10.9. The number of likely N-dealkylation sites (tertiary alicyclic amines) is 1. The molecule has 0 amide bonds. The van der Waals surface area contributed by atoms with Gasteiger partial charge in [-0.3, -0.25) is 9.88 Å². The molecular weight excluding hydrogens is 370 g/mol. The molecule has 0 bridgehead atoms. The fraction of sp³-hybridized carbons (Fsp3) is 0.333. The number of nitrogens with one attached hydrogen (secondary N) is 1. The number of aliphatic carboxylic acids is 1. The Morgan fingerprint density at radius 1 is 1.28 bits per heavy atom. The predicted octanol–water partition coefficient (Wildman–Crippen LogP) is 2.98. The van der Waals surface area contributed by atoms with Gasteiger partial charge in [-0.05, 0) is 32.4 Å². The molecule has 0 radical (unpaired) electrons. The number of para-hydroxylation sites is 1. The first kappa shape index (κ1) is 19.1. The van der Waals surface area contributed by atoms with Crippen LogP contribution in [0.1, 0.15) is 35.8 Å². The van der Waals surface area contributed by atoms with Crippen molar-refractivity contribution in [3.05, 3.63) is 59.8 Å². The van der Waals surface area contributed by atoms with Crippen molar-refractivity contribution in [2.45, 2.75) is 32.4 Å². The molecule has 150 valence electrons. The van der Waals surface area contributed by atoms with E-state index in [0.717, 1.165) is 47.9 Å². The number of aromatic amines is 1. The average molecular weight is 393 g/mol. The third-order valence-electron chi connectivity index (χ3n) is 5.03. The number of aromatic nitrogens is 4. The number of rotatable bonds is 7. The Morgan fingerprint density at radius 3 is 2.90 bits per heavy atom. The number of nitrogens with zero attached hydrogens (tertiary/aromatic N) is 4. The fourth-order valence-electron chi connectivity index (χ4n) is 3.77. The number of carboxylic acid groups (broad SMARTS) is 1. The minimum Gasteiger partial charge on any atom is -0.482 e. The van der Waals surface area contributed by atoms with Gasteiger partial charge in [0.1, 0.15) is 11.4 Å². The smallest absolute Gasteiger partial charge is 0.341 e. The average Bonchev–Trinajstić information content (AvgIpc) is 3.36. The van der Waals surface area contributed by atoms with Crippen LogP contribution < -0.4 is 4.74 Å². The number of benzene rings is 1. The highest BCUT2D eigenvalue weighted by molar-refractivity contribution is 5.68. The van der Waals surface area contributed by atoms with Crippen LogP contribution in [0.25, 0.3) is 11.5 Å². The van der Waals surface area contributed by atoms with E-state index in [1.165, 1.54) is 0 Å². The maximum atomic E-state index is 10.9. The van der Waals surface area contributed by atoms with Gasteiger partial charge >= 0.3 is 5.97 Å². The minimum atomic E-state index is -0.989. The maximum Gasteiger partial charge on any atom is 0.341 e. The molecule has 1 aliphatic rings. The summed E-state index contributed by atoms with van der Waals surface area (Å²) >= 11 is 0. The van der Waals surface area contributed by atoms with Crippen molar-refractivity contribution in [1.82, 2.24) is 24.8 Å². The summed E-state index contributed by atoms with van der Waals surface area (Å²) in [6.45, 7) is 3.17. The summed E-state index contributed by atoms with van der Waals surface area (Å²) in [5, 5.41) is 8.92. The van der Waals surface area contributed by atoms with Crippen LogP contribution in [-0.4, -0.2) is 49.1 Å². The van der Waals surface area contributed by atoms with Gasteiger partial charge in [0.25, 0.3) is 0 Å². The van der Waals surface area contributed by atoms with Gasteiger partial charge in [-0.2, -0.15) is 0 Å². The normalized spacial score (nSPS) is 16.8. The summed E-state index contributed by atoms with van der Waals surface area (Å²) in [4.78, 5) is 30.1. The first-order valence-corrected chi connectivity index (χ1v) is 9.61. The fourth-order valence-corrected chi connectivity index (χ4v) is 3.77. The first-order valence-electron chi connectivity index (χ1n) is 9.61. The molecule has 1 atom stereocenters. The van der Waals surface area contributed by atoms with Crippen molar-refractivity contribution in [2.24, 2.45) is 0 Å². The molecule has 1 aromatic carbocycles. The summed E-state index contributed by atoms with van der Waals surface area (Å²) in [6.07, 6.45) is 7.22. The lowest BCUT2D eigenvalue weighted by molar-refractivity contribution is -0.139. The highest BCUT2D eigenvalue weighted by Gasteiger charge is 2.31. The highest BCUT2D eigenvalue weighted by atomic mass is 16.5. The number of carboxylic acids is 1. The van der Waals surface area contributed by atoms with Gasteiger partial charge in [0, 0.05) is 36.4 Å². The molecule has 3 aromatic rings. The van der Waals surface area contributed by atoms with Crippen molar-refractivity contribution in [3.63, 3.8) is 0 Å². The van der Waals surface area contributed by atoms with E-state index in [9.17, 15) is 4.79 Å². The topological polar surface area (TPSA) is 104 Å².